The first-order chi connectivity index (χ1) is 17.7. The van der Waals surface area contributed by atoms with Gasteiger partial charge in [-0.05, 0) is 11.1 Å². The van der Waals surface area contributed by atoms with Crippen LogP contribution in [0, 0.1) is 0 Å². The minimum atomic E-state index is -0.487. The summed E-state index contributed by atoms with van der Waals surface area (Å²) in [6.07, 6.45) is 0.794. The fourth-order valence-corrected chi connectivity index (χ4v) is 3.58. The van der Waals surface area contributed by atoms with E-state index >= 15 is 0 Å². The van der Waals surface area contributed by atoms with Crippen molar-refractivity contribution in [1.29, 1.82) is 0 Å². The van der Waals surface area contributed by atoms with E-state index in [1.165, 1.54) is 11.3 Å². The Hall–Kier alpha value is -3.47. The van der Waals surface area contributed by atoms with Crippen LogP contribution in [-0.4, -0.2) is 61.6 Å². The van der Waals surface area contributed by atoms with Gasteiger partial charge >= 0.3 is 12.2 Å². The molecule has 3 rings (SSSR count). The topological polar surface area (TPSA) is 99.2 Å². The molecule has 0 aliphatic heterocycles. The van der Waals surface area contributed by atoms with Crippen LogP contribution in [0.5, 0.6) is 0 Å². The van der Waals surface area contributed by atoms with Gasteiger partial charge < -0.3 is 29.2 Å². The lowest BCUT2D eigenvalue weighted by atomic mass is 10.2. The molecule has 0 radical (unpaired) electrons. The second kappa shape index (κ2) is 16.2. The smallest absolute Gasteiger partial charge is 0.410 e. The normalized spacial score (nSPS) is 10.6. The molecular weight excluding hydrogens is 482 g/mol. The van der Waals surface area contributed by atoms with Crippen LogP contribution in [0.25, 0.3) is 0 Å². The van der Waals surface area contributed by atoms with E-state index in [0.29, 0.717) is 46.1 Å². The third-order valence-corrected chi connectivity index (χ3v) is 5.66. The molecule has 0 saturated heterocycles. The van der Waals surface area contributed by atoms with Gasteiger partial charge in [0, 0.05) is 25.8 Å². The number of aromatic nitrogens is 1. The van der Waals surface area contributed by atoms with Crippen LogP contribution in [-0.2, 0) is 38.7 Å². The van der Waals surface area contributed by atoms with Crippen LogP contribution >= 0.6 is 11.3 Å². The number of carbonyl (C=O) groups excluding carboxylic acids is 2. The van der Waals surface area contributed by atoms with Crippen molar-refractivity contribution < 1.29 is 28.5 Å². The number of amides is 2. The number of hydrogen-bond donors (Lipinski definition) is 1. The van der Waals surface area contributed by atoms with E-state index in [2.05, 4.69) is 10.3 Å². The monoisotopic (exact) mass is 513 g/mol. The second-order valence-electron chi connectivity index (χ2n) is 7.64. The van der Waals surface area contributed by atoms with Gasteiger partial charge in [0.1, 0.15) is 13.2 Å². The average Bonchev–Trinajstić information content (AvgIpc) is 3.44. The highest BCUT2D eigenvalue weighted by Crippen LogP contribution is 2.10. The summed E-state index contributed by atoms with van der Waals surface area (Å²) in [6, 6.07) is 19.2. The highest BCUT2D eigenvalue weighted by Gasteiger charge is 2.16. The molecule has 0 spiro atoms. The van der Waals surface area contributed by atoms with Crippen LogP contribution in [0.4, 0.5) is 9.59 Å². The Kier molecular flexibility index (Phi) is 12.2. The zero-order chi connectivity index (χ0) is 25.3. The molecule has 0 fully saturated rings. The van der Waals surface area contributed by atoms with Crippen molar-refractivity contribution in [3.05, 3.63) is 88.4 Å². The molecule has 2 aromatic carbocycles. The standard InChI is InChI=1S/C26H31N3O6S/c30-25(34-19-23-9-5-2-6-10-23)28-11-13-32-15-16-33-14-12-29(18-22-7-3-1-4-8-22)26(31)35-20-24-17-27-21-36-24/h1-10,17,21H,11-16,18-20H2,(H,28,30). The van der Waals surface area contributed by atoms with Crippen LogP contribution in [0.2, 0.25) is 0 Å². The molecule has 1 N–H and O–H groups in total. The van der Waals surface area contributed by atoms with Crippen molar-refractivity contribution in [1.82, 2.24) is 15.2 Å². The van der Waals surface area contributed by atoms with Crippen molar-refractivity contribution in [2.75, 3.05) is 39.5 Å². The Morgan fingerprint density at radius 1 is 0.833 bits per heavy atom. The number of carbonyl (C=O) groups is 2. The molecule has 36 heavy (non-hydrogen) atoms. The predicted octanol–water partition coefficient (Wildman–Crippen LogP) is 4.24. The number of nitrogens with one attached hydrogen (secondary N) is 1. The lowest BCUT2D eigenvalue weighted by Crippen LogP contribution is -2.34. The quantitative estimate of drug-likeness (QED) is 0.304. The Balaban J connectivity index is 1.26. The Labute approximate surface area is 215 Å². The lowest BCUT2D eigenvalue weighted by molar-refractivity contribution is 0.0341. The van der Waals surface area contributed by atoms with Crippen molar-refractivity contribution in [2.24, 2.45) is 0 Å². The summed E-state index contributed by atoms with van der Waals surface area (Å²) in [4.78, 5) is 30.8. The Morgan fingerprint density at radius 3 is 2.22 bits per heavy atom. The van der Waals surface area contributed by atoms with Gasteiger partial charge in [0.2, 0.25) is 0 Å². The molecular formula is C26H31N3O6S. The largest absolute Gasteiger partial charge is 0.445 e. The average molecular weight is 514 g/mol. The molecule has 3 aromatic rings. The maximum absolute atomic E-state index is 12.6. The number of benzene rings is 2. The van der Waals surface area contributed by atoms with Crippen molar-refractivity contribution >= 4 is 23.5 Å². The van der Waals surface area contributed by atoms with Gasteiger partial charge in [-0.25, -0.2) is 9.59 Å². The van der Waals surface area contributed by atoms with Gasteiger partial charge in [-0.3, -0.25) is 4.98 Å². The number of alkyl carbamates (subject to hydrolysis) is 1. The zero-order valence-electron chi connectivity index (χ0n) is 20.0. The van der Waals surface area contributed by atoms with E-state index < -0.39 is 12.2 Å². The molecule has 0 saturated carbocycles. The highest BCUT2D eigenvalue weighted by molar-refractivity contribution is 7.09. The number of ether oxygens (including phenoxy) is 4. The summed E-state index contributed by atoms with van der Waals surface area (Å²) in [7, 11) is 0. The molecule has 9 nitrogen and oxygen atoms in total. The Morgan fingerprint density at radius 2 is 1.53 bits per heavy atom. The maximum atomic E-state index is 12.6. The van der Waals surface area contributed by atoms with Crippen LogP contribution in [0.3, 0.4) is 0 Å². The molecule has 0 unspecified atom stereocenters. The van der Waals surface area contributed by atoms with Crippen LogP contribution in [0.15, 0.2) is 72.4 Å². The van der Waals surface area contributed by atoms with Crippen molar-refractivity contribution in [3.8, 4) is 0 Å². The Bertz CT molecular complexity index is 1010. The summed E-state index contributed by atoms with van der Waals surface area (Å²) in [5.41, 5.74) is 3.64. The van der Waals surface area contributed by atoms with E-state index in [9.17, 15) is 9.59 Å². The lowest BCUT2D eigenvalue weighted by Gasteiger charge is -2.22. The fraction of sp³-hybridized carbons (Fsp3) is 0.346. The number of nitrogens with zero attached hydrogens (tertiary/aromatic N) is 2. The minimum absolute atomic E-state index is 0.192. The molecule has 1 aromatic heterocycles. The zero-order valence-corrected chi connectivity index (χ0v) is 20.9. The van der Waals surface area contributed by atoms with Gasteiger partial charge in [0.05, 0.1) is 36.8 Å². The van der Waals surface area contributed by atoms with E-state index in [1.807, 2.05) is 60.7 Å². The molecule has 0 atom stereocenters. The second-order valence-corrected chi connectivity index (χ2v) is 8.61. The summed E-state index contributed by atoms with van der Waals surface area (Å²) < 4.78 is 21.7. The molecule has 0 bridgehead atoms. The molecule has 10 heteroatoms. The molecule has 192 valence electrons. The maximum Gasteiger partial charge on any atom is 0.410 e. The van der Waals surface area contributed by atoms with E-state index in [4.69, 9.17) is 18.9 Å². The van der Waals surface area contributed by atoms with Gasteiger partial charge in [-0.15, -0.1) is 11.3 Å². The van der Waals surface area contributed by atoms with E-state index in [-0.39, 0.29) is 13.2 Å². The third kappa shape index (κ3) is 10.9. The van der Waals surface area contributed by atoms with Gasteiger partial charge in [-0.1, -0.05) is 60.7 Å². The first kappa shape index (κ1) is 27.1. The van der Waals surface area contributed by atoms with Crippen LogP contribution < -0.4 is 5.32 Å². The van der Waals surface area contributed by atoms with Gasteiger partial charge in [0.25, 0.3) is 0 Å². The highest BCUT2D eigenvalue weighted by atomic mass is 32.1. The summed E-state index contributed by atoms with van der Waals surface area (Å²) in [5.74, 6) is 0. The van der Waals surface area contributed by atoms with Crippen molar-refractivity contribution in [3.63, 3.8) is 0 Å². The summed E-state index contributed by atoms with van der Waals surface area (Å²) >= 11 is 1.44. The number of thiazole rings is 1. The SMILES string of the molecule is O=C(NCCOCCOCCN(Cc1ccccc1)C(=O)OCc1cncs1)OCc1ccccc1. The van der Waals surface area contributed by atoms with Crippen molar-refractivity contribution in [2.45, 2.75) is 19.8 Å². The van der Waals surface area contributed by atoms with Crippen LogP contribution in [0.1, 0.15) is 16.0 Å². The number of rotatable bonds is 15. The molecule has 0 aliphatic carbocycles. The summed E-state index contributed by atoms with van der Waals surface area (Å²) in [5, 5.41) is 2.64. The fourth-order valence-electron chi connectivity index (χ4n) is 3.07. The van der Waals surface area contributed by atoms with E-state index in [1.54, 1.807) is 16.6 Å². The molecule has 1 heterocycles. The minimum Gasteiger partial charge on any atom is -0.445 e. The summed E-state index contributed by atoms with van der Waals surface area (Å²) in [6.45, 7) is 2.98. The molecule has 0 aliphatic rings. The first-order valence-electron chi connectivity index (χ1n) is 11.6. The number of hydrogen-bond acceptors (Lipinski definition) is 8. The first-order valence-corrected chi connectivity index (χ1v) is 12.5. The van der Waals surface area contributed by atoms with Gasteiger partial charge in [-0.2, -0.15) is 0 Å². The molecule has 2 amide bonds. The van der Waals surface area contributed by atoms with E-state index in [0.717, 1.165) is 16.0 Å². The third-order valence-electron chi connectivity index (χ3n) is 4.90. The predicted molar refractivity (Wildman–Crippen MR) is 135 cm³/mol. The van der Waals surface area contributed by atoms with Gasteiger partial charge in [0.15, 0.2) is 0 Å².